The number of benzene rings is 3. The Hall–Kier alpha value is -3.00. The van der Waals surface area contributed by atoms with E-state index < -0.39 is 0 Å². The highest BCUT2D eigenvalue weighted by atomic mass is 14.9. The Bertz CT molecular complexity index is 923. The van der Waals surface area contributed by atoms with Crippen molar-refractivity contribution in [3.8, 4) is 0 Å². The molecule has 0 saturated carbocycles. The van der Waals surface area contributed by atoms with E-state index in [0.717, 1.165) is 28.2 Å². The van der Waals surface area contributed by atoms with Crippen LogP contribution in [0.1, 0.15) is 22.3 Å². The van der Waals surface area contributed by atoms with Crippen molar-refractivity contribution in [3.05, 3.63) is 101 Å². The number of hydrogen-bond donors (Lipinski definition) is 0. The van der Waals surface area contributed by atoms with Crippen LogP contribution in [0.5, 0.6) is 0 Å². The van der Waals surface area contributed by atoms with Crippen molar-refractivity contribution in [2.45, 2.75) is 13.5 Å². The van der Waals surface area contributed by atoms with Gasteiger partial charge >= 0.3 is 0 Å². The molecule has 0 aromatic heterocycles. The van der Waals surface area contributed by atoms with Crippen LogP contribution in [0.2, 0.25) is 0 Å². The third kappa shape index (κ3) is 2.67. The van der Waals surface area contributed by atoms with Gasteiger partial charge in [0.15, 0.2) is 0 Å². The summed E-state index contributed by atoms with van der Waals surface area (Å²) in [6.07, 6.45) is 0. The molecule has 2 nitrogen and oxygen atoms in total. The van der Waals surface area contributed by atoms with Gasteiger partial charge in [0.1, 0.15) is 0 Å². The third-order valence-electron chi connectivity index (χ3n) is 4.33. The van der Waals surface area contributed by atoms with Crippen LogP contribution < -0.4 is 0 Å². The minimum Gasteiger partial charge on any atom is -0.278 e. The highest BCUT2D eigenvalue weighted by molar-refractivity contribution is 6.54. The number of aliphatic imine (C=N–C) groups is 2. The average Bonchev–Trinajstić information content (AvgIpc) is 2.84. The van der Waals surface area contributed by atoms with Crippen LogP contribution in [0, 0.1) is 6.92 Å². The Morgan fingerprint density at radius 1 is 0.667 bits per heavy atom. The highest BCUT2D eigenvalue weighted by Crippen LogP contribution is 2.28. The molecule has 3 aromatic rings. The zero-order valence-electron chi connectivity index (χ0n) is 13.6. The van der Waals surface area contributed by atoms with Crippen molar-refractivity contribution >= 4 is 17.1 Å². The molecule has 1 aliphatic heterocycles. The van der Waals surface area contributed by atoms with Crippen LogP contribution in [0.4, 0.5) is 5.69 Å². The molecule has 0 unspecified atom stereocenters. The number of hydrogen-bond acceptors (Lipinski definition) is 2. The second kappa shape index (κ2) is 6.25. The Kier molecular flexibility index (Phi) is 3.80. The van der Waals surface area contributed by atoms with Gasteiger partial charge in [0.25, 0.3) is 0 Å². The maximum absolute atomic E-state index is 5.01. The summed E-state index contributed by atoms with van der Waals surface area (Å²) < 4.78 is 0. The van der Waals surface area contributed by atoms with Crippen molar-refractivity contribution in [2.24, 2.45) is 9.98 Å². The summed E-state index contributed by atoms with van der Waals surface area (Å²) in [4.78, 5) is 9.95. The molecule has 116 valence electrons. The van der Waals surface area contributed by atoms with E-state index >= 15 is 0 Å². The number of nitrogens with zero attached hydrogens (tertiary/aromatic N) is 2. The molecule has 1 heterocycles. The van der Waals surface area contributed by atoms with Gasteiger partial charge in [-0.2, -0.15) is 0 Å². The molecule has 2 heteroatoms. The number of fused-ring (bicyclic) bond motifs is 1. The minimum atomic E-state index is 0.659. The third-order valence-corrected chi connectivity index (χ3v) is 4.33. The van der Waals surface area contributed by atoms with Crippen molar-refractivity contribution in [2.75, 3.05) is 0 Å². The lowest BCUT2D eigenvalue weighted by molar-refractivity contribution is 1.05. The normalized spacial score (nSPS) is 13.5. The van der Waals surface area contributed by atoms with E-state index in [1.54, 1.807) is 0 Å². The second-order valence-corrected chi connectivity index (χ2v) is 5.93. The summed E-state index contributed by atoms with van der Waals surface area (Å²) in [5.74, 6) is 0. The molecule has 0 bridgehead atoms. The second-order valence-electron chi connectivity index (χ2n) is 5.93. The van der Waals surface area contributed by atoms with E-state index in [4.69, 9.17) is 9.98 Å². The first-order valence-corrected chi connectivity index (χ1v) is 8.16. The quantitative estimate of drug-likeness (QED) is 0.628. The fourth-order valence-electron chi connectivity index (χ4n) is 3.02. The van der Waals surface area contributed by atoms with Gasteiger partial charge in [-0.3, -0.25) is 4.99 Å². The van der Waals surface area contributed by atoms with Gasteiger partial charge in [-0.15, -0.1) is 0 Å². The molecule has 0 aliphatic carbocycles. The van der Waals surface area contributed by atoms with E-state index in [-0.39, 0.29) is 0 Å². The van der Waals surface area contributed by atoms with Crippen LogP contribution in [0.15, 0.2) is 88.8 Å². The molecule has 0 fully saturated rings. The van der Waals surface area contributed by atoms with Crippen LogP contribution in [-0.4, -0.2) is 11.4 Å². The maximum Gasteiger partial charge on any atom is 0.0967 e. The van der Waals surface area contributed by atoms with E-state index in [1.807, 2.05) is 36.4 Å². The summed E-state index contributed by atoms with van der Waals surface area (Å²) in [5, 5.41) is 0. The highest BCUT2D eigenvalue weighted by Gasteiger charge is 2.18. The molecular formula is C22H18N2. The fourth-order valence-corrected chi connectivity index (χ4v) is 3.02. The largest absolute Gasteiger partial charge is 0.278 e. The van der Waals surface area contributed by atoms with Crippen LogP contribution in [0.3, 0.4) is 0 Å². The molecular weight excluding hydrogens is 292 g/mol. The molecule has 0 radical (unpaired) electrons. The first kappa shape index (κ1) is 14.6. The van der Waals surface area contributed by atoms with E-state index in [1.165, 1.54) is 11.1 Å². The Morgan fingerprint density at radius 2 is 1.29 bits per heavy atom. The molecule has 0 saturated heterocycles. The average molecular weight is 310 g/mol. The maximum atomic E-state index is 5.01. The molecule has 4 rings (SSSR count). The standard InChI is InChI=1S/C22H18N2/c1-16-9-8-14-20-19(16)15-23-21(17-10-4-2-5-11-17)22(24-20)18-12-6-3-7-13-18/h2-14H,15H2,1H3. The first-order chi connectivity index (χ1) is 11.8. The monoisotopic (exact) mass is 310 g/mol. The fraction of sp³-hybridized carbons (Fsp3) is 0.0909. The summed E-state index contributed by atoms with van der Waals surface area (Å²) in [6, 6.07) is 26.9. The molecule has 24 heavy (non-hydrogen) atoms. The van der Waals surface area contributed by atoms with Gasteiger partial charge in [-0.05, 0) is 18.6 Å². The SMILES string of the molecule is Cc1cccc2c1CN=C(c1ccccc1)C(c1ccccc1)=N2. The lowest BCUT2D eigenvalue weighted by atomic mass is 9.99. The van der Waals surface area contributed by atoms with E-state index in [0.29, 0.717) is 6.54 Å². The molecule has 0 N–H and O–H groups in total. The molecule has 1 aliphatic rings. The van der Waals surface area contributed by atoms with Gasteiger partial charge in [0.2, 0.25) is 0 Å². The zero-order chi connectivity index (χ0) is 16.4. The Morgan fingerprint density at radius 3 is 1.96 bits per heavy atom. The molecule has 0 amide bonds. The molecule has 0 spiro atoms. The summed E-state index contributed by atoms with van der Waals surface area (Å²) >= 11 is 0. The number of aryl methyl sites for hydroxylation is 1. The predicted molar refractivity (Wildman–Crippen MR) is 101 cm³/mol. The number of rotatable bonds is 2. The van der Waals surface area contributed by atoms with Crippen LogP contribution in [0.25, 0.3) is 0 Å². The van der Waals surface area contributed by atoms with Crippen molar-refractivity contribution in [1.82, 2.24) is 0 Å². The lowest BCUT2D eigenvalue weighted by Gasteiger charge is -2.09. The van der Waals surface area contributed by atoms with Gasteiger partial charge in [-0.1, -0.05) is 72.8 Å². The zero-order valence-corrected chi connectivity index (χ0v) is 13.6. The van der Waals surface area contributed by atoms with Crippen molar-refractivity contribution in [1.29, 1.82) is 0 Å². The van der Waals surface area contributed by atoms with Gasteiger partial charge in [0.05, 0.1) is 23.7 Å². The van der Waals surface area contributed by atoms with Gasteiger partial charge in [-0.25, -0.2) is 4.99 Å². The Labute approximate surface area is 142 Å². The lowest BCUT2D eigenvalue weighted by Crippen LogP contribution is -2.16. The molecule has 0 atom stereocenters. The molecule has 3 aromatic carbocycles. The summed E-state index contributed by atoms with van der Waals surface area (Å²) in [7, 11) is 0. The van der Waals surface area contributed by atoms with Crippen LogP contribution >= 0.6 is 0 Å². The predicted octanol–water partition coefficient (Wildman–Crippen LogP) is 5.12. The van der Waals surface area contributed by atoms with E-state index in [2.05, 4.69) is 49.4 Å². The van der Waals surface area contributed by atoms with Crippen molar-refractivity contribution < 1.29 is 0 Å². The smallest absolute Gasteiger partial charge is 0.0967 e. The van der Waals surface area contributed by atoms with Gasteiger partial charge in [0, 0.05) is 16.7 Å². The van der Waals surface area contributed by atoms with Gasteiger partial charge < -0.3 is 0 Å². The Balaban J connectivity index is 1.95. The summed E-state index contributed by atoms with van der Waals surface area (Å²) in [6.45, 7) is 2.78. The minimum absolute atomic E-state index is 0.659. The van der Waals surface area contributed by atoms with Crippen LogP contribution in [-0.2, 0) is 6.54 Å². The topological polar surface area (TPSA) is 24.7 Å². The van der Waals surface area contributed by atoms with E-state index in [9.17, 15) is 0 Å². The van der Waals surface area contributed by atoms with Crippen molar-refractivity contribution in [3.63, 3.8) is 0 Å². The first-order valence-electron chi connectivity index (χ1n) is 8.16. The summed E-state index contributed by atoms with van der Waals surface area (Å²) in [5.41, 5.74) is 7.55.